The molecule has 1 saturated heterocycles. The fourth-order valence-corrected chi connectivity index (χ4v) is 7.66. The van der Waals surface area contributed by atoms with E-state index in [-0.39, 0.29) is 24.3 Å². The first-order valence-corrected chi connectivity index (χ1v) is 14.8. The number of hydrogen-bond acceptors (Lipinski definition) is 6. The zero-order valence-electron chi connectivity index (χ0n) is 24.6. The number of carbonyl (C=O) groups excluding carboxylic acids is 3. The molecule has 0 bridgehead atoms. The highest BCUT2D eigenvalue weighted by Crippen LogP contribution is 2.59. The molecule has 4 aliphatic heterocycles. The third kappa shape index (κ3) is 3.52. The van der Waals surface area contributed by atoms with Crippen LogP contribution in [0.4, 0.5) is 11.4 Å². The normalized spacial score (nSPS) is 24.0. The number of fused-ring (bicyclic) bond motifs is 7. The van der Waals surface area contributed by atoms with E-state index in [2.05, 4.69) is 17.5 Å². The molecule has 1 fully saturated rings. The Morgan fingerprint density at radius 2 is 1.55 bits per heavy atom. The van der Waals surface area contributed by atoms with E-state index in [0.717, 1.165) is 33.5 Å². The number of ketones is 2. The number of amides is 1. The van der Waals surface area contributed by atoms with E-state index in [1.54, 1.807) is 18.2 Å². The summed E-state index contributed by atoms with van der Waals surface area (Å²) in [6.45, 7) is 6.11. The van der Waals surface area contributed by atoms with Crippen LogP contribution in [0.3, 0.4) is 0 Å². The van der Waals surface area contributed by atoms with Crippen molar-refractivity contribution >= 4 is 34.4 Å². The van der Waals surface area contributed by atoms with Crippen LogP contribution in [-0.2, 0) is 10.2 Å². The fourth-order valence-electron chi connectivity index (χ4n) is 7.66. The zero-order chi connectivity index (χ0) is 30.3. The van der Waals surface area contributed by atoms with Gasteiger partial charge in [0.05, 0.1) is 12.0 Å². The number of rotatable bonds is 4. The monoisotopic (exact) mass is 582 g/mol. The average Bonchev–Trinajstić information content (AvgIpc) is 3.70. The van der Waals surface area contributed by atoms with Gasteiger partial charge < -0.3 is 19.7 Å². The molecule has 7 heteroatoms. The summed E-state index contributed by atoms with van der Waals surface area (Å²) in [5.41, 5.74) is 5.79. The number of Topliss-reactive ketones (excluding diaryl/α,β-unsaturated/α-hetero) is 2. The Morgan fingerprint density at radius 3 is 2.36 bits per heavy atom. The van der Waals surface area contributed by atoms with E-state index in [9.17, 15) is 9.59 Å². The standard InChI is InChI=1S/C37H30N2O5/c1-20-8-11-23(12-9-20)35(41)33-32(34(40)24-13-15-29-30(18-24)44-19-43-29)37(26-6-4-5-7-27(26)38-36(37)42)31-17-22(3)25-16-21(2)10-14-28(25)39(31)33/h4-18,31-33H,19H2,1-3H3,(H,38,42)/t31-,32-,33-,37-/m1/s1. The molecule has 4 aromatic rings. The first-order chi connectivity index (χ1) is 21.3. The van der Waals surface area contributed by atoms with Crippen LogP contribution in [0.15, 0.2) is 91.0 Å². The third-order valence-electron chi connectivity index (χ3n) is 9.68. The van der Waals surface area contributed by atoms with E-state index in [4.69, 9.17) is 9.47 Å². The molecule has 0 saturated carbocycles. The van der Waals surface area contributed by atoms with Crippen molar-refractivity contribution in [3.8, 4) is 11.5 Å². The Balaban J connectivity index is 1.43. The Bertz CT molecular complexity index is 1940. The van der Waals surface area contributed by atoms with Crippen molar-refractivity contribution in [2.45, 2.75) is 38.3 Å². The van der Waals surface area contributed by atoms with Crippen LogP contribution in [0, 0.1) is 19.8 Å². The Kier molecular flexibility index (Phi) is 5.66. The van der Waals surface area contributed by atoms with Gasteiger partial charge in [-0.05, 0) is 68.3 Å². The van der Waals surface area contributed by atoms with Gasteiger partial charge in [0.15, 0.2) is 23.1 Å². The topological polar surface area (TPSA) is 84.9 Å². The number of aryl methyl sites for hydroxylation is 2. The molecule has 0 radical (unpaired) electrons. The second kappa shape index (κ2) is 9.41. The van der Waals surface area contributed by atoms with Gasteiger partial charge in [-0.1, -0.05) is 65.7 Å². The zero-order valence-corrected chi connectivity index (χ0v) is 24.6. The number of allylic oxidation sites excluding steroid dienone is 1. The van der Waals surface area contributed by atoms with Crippen molar-refractivity contribution in [3.05, 3.63) is 124 Å². The van der Waals surface area contributed by atoms with Crippen LogP contribution in [0.25, 0.3) is 5.57 Å². The molecule has 218 valence electrons. The number of nitrogens with zero attached hydrogens (tertiary/aromatic N) is 1. The average molecular weight is 583 g/mol. The molecular formula is C37H30N2O5. The van der Waals surface area contributed by atoms with Crippen molar-refractivity contribution in [2.24, 2.45) is 5.92 Å². The van der Waals surface area contributed by atoms with E-state index in [1.165, 1.54) is 0 Å². The highest BCUT2D eigenvalue weighted by atomic mass is 16.7. The number of benzene rings is 4. The summed E-state index contributed by atoms with van der Waals surface area (Å²) in [6.07, 6.45) is 2.08. The Labute approximate surface area is 255 Å². The van der Waals surface area contributed by atoms with Crippen molar-refractivity contribution in [2.75, 3.05) is 17.0 Å². The van der Waals surface area contributed by atoms with Gasteiger partial charge in [0.1, 0.15) is 11.5 Å². The number of anilines is 2. The molecule has 0 aromatic heterocycles. The van der Waals surface area contributed by atoms with Crippen molar-refractivity contribution in [1.29, 1.82) is 0 Å². The molecule has 7 nitrogen and oxygen atoms in total. The summed E-state index contributed by atoms with van der Waals surface area (Å²) in [5, 5.41) is 3.09. The van der Waals surface area contributed by atoms with Gasteiger partial charge in [-0.25, -0.2) is 0 Å². The lowest BCUT2D eigenvalue weighted by molar-refractivity contribution is -0.121. The number of ether oxygens (including phenoxy) is 2. The van der Waals surface area contributed by atoms with Crippen LogP contribution < -0.4 is 19.7 Å². The van der Waals surface area contributed by atoms with E-state index >= 15 is 4.79 Å². The van der Waals surface area contributed by atoms with Crippen molar-refractivity contribution < 1.29 is 23.9 Å². The molecule has 0 aliphatic carbocycles. The lowest BCUT2D eigenvalue weighted by Crippen LogP contribution is -2.51. The molecule has 4 aliphatic rings. The second-order valence-electron chi connectivity index (χ2n) is 12.2. The molecule has 0 unspecified atom stereocenters. The molecule has 4 aromatic carbocycles. The van der Waals surface area contributed by atoms with Crippen molar-refractivity contribution in [1.82, 2.24) is 0 Å². The van der Waals surface area contributed by atoms with Crippen LogP contribution in [0.5, 0.6) is 11.5 Å². The molecule has 44 heavy (non-hydrogen) atoms. The van der Waals surface area contributed by atoms with Gasteiger partial charge in [-0.3, -0.25) is 14.4 Å². The van der Waals surface area contributed by atoms with Gasteiger partial charge in [0.2, 0.25) is 12.7 Å². The van der Waals surface area contributed by atoms with E-state index in [1.807, 2.05) is 86.3 Å². The molecule has 1 amide bonds. The highest BCUT2D eigenvalue weighted by Gasteiger charge is 2.70. The van der Waals surface area contributed by atoms with Gasteiger partial charge in [-0.15, -0.1) is 0 Å². The lowest BCUT2D eigenvalue weighted by Gasteiger charge is -2.39. The number of carbonyl (C=O) groups is 3. The minimum atomic E-state index is -1.38. The SMILES string of the molecule is CC1=C[C@H]2N(c3ccc(C)cc31)[C@@H](C(=O)c1ccc(C)cc1)[C@H](C(=O)c1ccc3c(c1)OCO3)[C@]21C(=O)Nc2ccccc21. The van der Waals surface area contributed by atoms with Crippen LogP contribution in [0.1, 0.15) is 49.9 Å². The third-order valence-corrected chi connectivity index (χ3v) is 9.68. The van der Waals surface area contributed by atoms with Gasteiger partial charge >= 0.3 is 0 Å². The minimum absolute atomic E-state index is 0.0702. The fraction of sp³-hybridized carbons (Fsp3) is 0.216. The van der Waals surface area contributed by atoms with E-state index in [0.29, 0.717) is 28.3 Å². The molecule has 4 heterocycles. The summed E-state index contributed by atoms with van der Waals surface area (Å²) in [5.74, 6) is -0.820. The largest absolute Gasteiger partial charge is 0.454 e. The Hall–Kier alpha value is -5.17. The number of nitrogens with one attached hydrogen (secondary N) is 1. The molecule has 1 N–H and O–H groups in total. The highest BCUT2D eigenvalue weighted by molar-refractivity contribution is 6.18. The summed E-state index contributed by atoms with van der Waals surface area (Å²) in [4.78, 5) is 46.6. The molecule has 4 atom stereocenters. The first-order valence-electron chi connectivity index (χ1n) is 14.8. The van der Waals surface area contributed by atoms with Crippen molar-refractivity contribution in [3.63, 3.8) is 0 Å². The molecular weight excluding hydrogens is 552 g/mol. The predicted octanol–water partition coefficient (Wildman–Crippen LogP) is 6.28. The summed E-state index contributed by atoms with van der Waals surface area (Å²) in [7, 11) is 0. The maximum Gasteiger partial charge on any atom is 0.238 e. The Morgan fingerprint density at radius 1 is 0.818 bits per heavy atom. The predicted molar refractivity (Wildman–Crippen MR) is 168 cm³/mol. The maximum absolute atomic E-state index is 15.1. The van der Waals surface area contributed by atoms with Gasteiger partial charge in [0.25, 0.3) is 0 Å². The quantitative estimate of drug-likeness (QED) is 0.285. The lowest BCUT2D eigenvalue weighted by atomic mass is 9.64. The summed E-state index contributed by atoms with van der Waals surface area (Å²) < 4.78 is 11.1. The summed E-state index contributed by atoms with van der Waals surface area (Å²) >= 11 is 0. The van der Waals surface area contributed by atoms with Gasteiger partial charge in [0, 0.05) is 28.1 Å². The summed E-state index contributed by atoms with van der Waals surface area (Å²) in [6, 6.07) is 24.6. The maximum atomic E-state index is 15.1. The molecule has 1 spiro atoms. The molecule has 8 rings (SSSR count). The van der Waals surface area contributed by atoms with E-state index < -0.39 is 23.4 Å². The number of hydrogen-bond donors (Lipinski definition) is 1. The second-order valence-corrected chi connectivity index (χ2v) is 12.2. The van der Waals surface area contributed by atoms with Crippen LogP contribution in [0.2, 0.25) is 0 Å². The smallest absolute Gasteiger partial charge is 0.238 e. The minimum Gasteiger partial charge on any atom is -0.454 e. The van der Waals surface area contributed by atoms with Crippen LogP contribution in [-0.4, -0.2) is 36.4 Å². The number of para-hydroxylation sites is 1. The van der Waals surface area contributed by atoms with Crippen LogP contribution >= 0.6 is 0 Å². The first kappa shape index (κ1) is 26.5. The van der Waals surface area contributed by atoms with Gasteiger partial charge in [-0.2, -0.15) is 0 Å².